The van der Waals surface area contributed by atoms with Crippen molar-refractivity contribution in [2.45, 2.75) is 52.1 Å². The molecule has 0 saturated heterocycles. The summed E-state index contributed by atoms with van der Waals surface area (Å²) >= 11 is 12.0. The fourth-order valence-electron chi connectivity index (χ4n) is 4.30. The van der Waals surface area contributed by atoms with Crippen molar-refractivity contribution in [2.75, 3.05) is 17.2 Å². The number of aromatic nitrogens is 4. The number of nitrogens with zero attached hydrogens (tertiary/aromatic N) is 4. The van der Waals surface area contributed by atoms with Crippen LogP contribution in [0.3, 0.4) is 0 Å². The molecule has 0 aliphatic heterocycles. The maximum absolute atomic E-state index is 12.3. The van der Waals surface area contributed by atoms with E-state index in [1.165, 1.54) is 32.1 Å². The Morgan fingerprint density at radius 2 is 1.73 bits per heavy atom. The number of anilines is 2. The Hall–Kier alpha value is -3.62. The van der Waals surface area contributed by atoms with Crippen molar-refractivity contribution in [3.8, 4) is 5.82 Å². The molecular formula is C30H35Cl2N7O. The molecule has 1 aliphatic carbocycles. The molecule has 2 aromatic heterocycles. The molecule has 40 heavy (non-hydrogen) atoms. The van der Waals surface area contributed by atoms with Crippen LogP contribution in [0.25, 0.3) is 5.82 Å². The monoisotopic (exact) mass is 579 g/mol. The van der Waals surface area contributed by atoms with Gasteiger partial charge in [-0.1, -0.05) is 86.5 Å². The molecule has 0 bridgehead atoms. The third-order valence-corrected chi connectivity index (χ3v) is 7.04. The molecule has 2 heterocycles. The standard InChI is InChI=1S/C23H21Cl2N7O.C7H14/c24-18-6-4-16(5-7-18)12-28-22(33)14-29-23-30-20(11-21(31-23)32-9-8-26-15-32)27-13-17-2-1-3-19(25)10-17;1-7-5-3-2-4-6-7/h1-11,15H,12-14H2,(H,28,33)(H2,27,29,30,31);7H,2-6H2,1H3. The van der Waals surface area contributed by atoms with Gasteiger partial charge in [0.25, 0.3) is 0 Å². The van der Waals surface area contributed by atoms with E-state index in [9.17, 15) is 4.79 Å². The molecule has 1 amide bonds. The Balaban J connectivity index is 0.000000461. The first kappa shape index (κ1) is 29.4. The number of carbonyl (C=O) groups excluding carboxylic acids is 1. The predicted octanol–water partition coefficient (Wildman–Crippen LogP) is 6.90. The number of hydrogen-bond donors (Lipinski definition) is 3. The molecule has 210 valence electrons. The third-order valence-electron chi connectivity index (χ3n) is 6.55. The summed E-state index contributed by atoms with van der Waals surface area (Å²) in [7, 11) is 0. The van der Waals surface area contributed by atoms with Crippen molar-refractivity contribution >= 4 is 40.9 Å². The predicted molar refractivity (Wildman–Crippen MR) is 162 cm³/mol. The summed E-state index contributed by atoms with van der Waals surface area (Å²) in [5.74, 6) is 2.37. The first-order valence-corrected chi connectivity index (χ1v) is 14.3. The van der Waals surface area contributed by atoms with Crippen LogP contribution in [0.5, 0.6) is 0 Å². The van der Waals surface area contributed by atoms with E-state index in [4.69, 9.17) is 23.2 Å². The number of amides is 1. The van der Waals surface area contributed by atoms with E-state index in [1.807, 2.05) is 36.4 Å². The zero-order valence-corrected chi connectivity index (χ0v) is 24.1. The van der Waals surface area contributed by atoms with Crippen LogP contribution in [0, 0.1) is 5.92 Å². The summed E-state index contributed by atoms with van der Waals surface area (Å²) < 4.78 is 1.76. The van der Waals surface area contributed by atoms with Crippen molar-refractivity contribution in [2.24, 2.45) is 5.92 Å². The van der Waals surface area contributed by atoms with Gasteiger partial charge in [0.05, 0.1) is 6.54 Å². The van der Waals surface area contributed by atoms with Crippen LogP contribution < -0.4 is 16.0 Å². The van der Waals surface area contributed by atoms with Gasteiger partial charge in [-0.25, -0.2) is 4.98 Å². The number of carbonyl (C=O) groups is 1. The minimum Gasteiger partial charge on any atom is -0.366 e. The molecule has 0 atom stereocenters. The lowest BCUT2D eigenvalue weighted by atomic mass is 9.91. The van der Waals surface area contributed by atoms with Crippen LogP contribution in [0.4, 0.5) is 11.8 Å². The lowest BCUT2D eigenvalue weighted by Gasteiger charge is -2.15. The average molecular weight is 581 g/mol. The molecule has 0 radical (unpaired) electrons. The first-order valence-electron chi connectivity index (χ1n) is 13.6. The van der Waals surface area contributed by atoms with Crippen LogP contribution in [-0.2, 0) is 17.9 Å². The Morgan fingerprint density at radius 1 is 0.925 bits per heavy atom. The normalized spacial score (nSPS) is 13.2. The second-order valence-corrected chi connectivity index (χ2v) is 10.8. The molecule has 0 spiro atoms. The molecular weight excluding hydrogens is 545 g/mol. The summed E-state index contributed by atoms with van der Waals surface area (Å²) in [5.41, 5.74) is 1.97. The number of hydrogen-bond acceptors (Lipinski definition) is 6. The lowest BCUT2D eigenvalue weighted by Crippen LogP contribution is -2.30. The maximum Gasteiger partial charge on any atom is 0.239 e. The summed E-state index contributed by atoms with van der Waals surface area (Å²) in [4.78, 5) is 25.3. The molecule has 1 fully saturated rings. The van der Waals surface area contributed by atoms with Gasteiger partial charge in [0, 0.05) is 41.6 Å². The highest BCUT2D eigenvalue weighted by atomic mass is 35.5. The molecule has 2 aromatic carbocycles. The fourth-order valence-corrected chi connectivity index (χ4v) is 4.64. The van der Waals surface area contributed by atoms with Crippen LogP contribution in [-0.4, -0.2) is 32.0 Å². The Labute approximate surface area is 245 Å². The molecule has 4 aromatic rings. The number of halogens is 2. The van der Waals surface area contributed by atoms with E-state index < -0.39 is 0 Å². The van der Waals surface area contributed by atoms with Crippen molar-refractivity contribution in [3.63, 3.8) is 0 Å². The third kappa shape index (κ3) is 9.84. The second kappa shape index (κ2) is 15.2. The smallest absolute Gasteiger partial charge is 0.239 e. The SMILES string of the molecule is CC1CCCCC1.O=C(CNc1nc(NCc2cccc(Cl)c2)cc(-n2ccnc2)n1)NCc1ccc(Cl)cc1. The molecule has 1 saturated carbocycles. The van der Waals surface area contributed by atoms with Gasteiger partial charge in [-0.2, -0.15) is 9.97 Å². The minimum absolute atomic E-state index is 0.0225. The first-order chi connectivity index (χ1) is 19.4. The van der Waals surface area contributed by atoms with Gasteiger partial charge in [0.1, 0.15) is 18.0 Å². The lowest BCUT2D eigenvalue weighted by molar-refractivity contribution is -0.119. The molecule has 0 unspecified atom stereocenters. The highest BCUT2D eigenvalue weighted by Crippen LogP contribution is 2.22. The fraction of sp³-hybridized carbons (Fsp3) is 0.333. The van der Waals surface area contributed by atoms with Gasteiger partial charge in [0.2, 0.25) is 11.9 Å². The van der Waals surface area contributed by atoms with E-state index in [0.717, 1.165) is 17.0 Å². The van der Waals surface area contributed by atoms with E-state index >= 15 is 0 Å². The van der Waals surface area contributed by atoms with Gasteiger partial charge < -0.3 is 16.0 Å². The van der Waals surface area contributed by atoms with Gasteiger partial charge in [-0.3, -0.25) is 9.36 Å². The molecule has 8 nitrogen and oxygen atoms in total. The van der Waals surface area contributed by atoms with Crippen LogP contribution >= 0.6 is 23.2 Å². The van der Waals surface area contributed by atoms with E-state index in [0.29, 0.717) is 40.7 Å². The van der Waals surface area contributed by atoms with Gasteiger partial charge in [0.15, 0.2) is 0 Å². The van der Waals surface area contributed by atoms with Crippen molar-refractivity contribution in [1.29, 1.82) is 0 Å². The largest absolute Gasteiger partial charge is 0.366 e. The van der Waals surface area contributed by atoms with E-state index in [-0.39, 0.29) is 12.5 Å². The van der Waals surface area contributed by atoms with Gasteiger partial charge in [-0.05, 0) is 41.3 Å². The minimum atomic E-state index is -0.185. The number of rotatable bonds is 9. The number of nitrogens with one attached hydrogen (secondary N) is 3. The number of imidazole rings is 1. The highest BCUT2D eigenvalue weighted by molar-refractivity contribution is 6.30. The molecule has 10 heteroatoms. The second-order valence-electron chi connectivity index (χ2n) is 9.89. The zero-order valence-electron chi connectivity index (χ0n) is 22.6. The Bertz CT molecular complexity index is 1340. The van der Waals surface area contributed by atoms with Crippen LogP contribution in [0.1, 0.15) is 50.2 Å². The molecule has 1 aliphatic rings. The van der Waals surface area contributed by atoms with E-state index in [1.54, 1.807) is 41.5 Å². The Morgan fingerprint density at radius 3 is 2.40 bits per heavy atom. The zero-order chi connectivity index (χ0) is 28.2. The Kier molecular flexibility index (Phi) is 11.2. The van der Waals surface area contributed by atoms with E-state index in [2.05, 4.69) is 37.8 Å². The van der Waals surface area contributed by atoms with Crippen molar-refractivity contribution < 1.29 is 4.79 Å². The topological polar surface area (TPSA) is 96.8 Å². The van der Waals surface area contributed by atoms with Crippen molar-refractivity contribution in [1.82, 2.24) is 24.8 Å². The summed E-state index contributed by atoms with van der Waals surface area (Å²) in [5, 5.41) is 10.4. The maximum atomic E-state index is 12.3. The van der Waals surface area contributed by atoms with Gasteiger partial charge >= 0.3 is 0 Å². The van der Waals surface area contributed by atoms with Crippen LogP contribution in [0.2, 0.25) is 10.0 Å². The number of benzene rings is 2. The highest BCUT2D eigenvalue weighted by Gasteiger charge is 2.09. The van der Waals surface area contributed by atoms with Crippen LogP contribution in [0.15, 0.2) is 73.3 Å². The van der Waals surface area contributed by atoms with Crippen molar-refractivity contribution in [3.05, 3.63) is 94.5 Å². The van der Waals surface area contributed by atoms with Gasteiger partial charge in [-0.15, -0.1) is 0 Å². The summed E-state index contributed by atoms with van der Waals surface area (Å²) in [6, 6.07) is 16.7. The summed E-state index contributed by atoms with van der Waals surface area (Å²) in [6.07, 6.45) is 12.5. The quantitative estimate of drug-likeness (QED) is 0.199. The average Bonchev–Trinajstić information content (AvgIpc) is 3.51. The molecule has 5 rings (SSSR count). The summed E-state index contributed by atoms with van der Waals surface area (Å²) in [6.45, 7) is 3.32. The molecule has 3 N–H and O–H groups in total.